The highest BCUT2D eigenvalue weighted by molar-refractivity contribution is 5.90. The van der Waals surface area contributed by atoms with Gasteiger partial charge in [-0.1, -0.05) is 48.5 Å². The lowest BCUT2D eigenvalue weighted by Crippen LogP contribution is -2.07. The summed E-state index contributed by atoms with van der Waals surface area (Å²) in [7, 11) is 0. The van der Waals surface area contributed by atoms with E-state index in [-0.39, 0.29) is 0 Å². The molecule has 1 heteroatoms. The summed E-state index contributed by atoms with van der Waals surface area (Å²) in [5, 5.41) is 2.38. The van der Waals surface area contributed by atoms with Crippen LogP contribution >= 0.6 is 0 Å². The number of fused-ring (bicyclic) bond motifs is 3. The van der Waals surface area contributed by atoms with Crippen LogP contribution < -0.4 is 0 Å². The van der Waals surface area contributed by atoms with Gasteiger partial charge in [-0.05, 0) is 51.9 Å². The Morgan fingerprint density at radius 1 is 0.700 bits per heavy atom. The lowest BCUT2D eigenvalue weighted by molar-refractivity contribution is 0.112. The third kappa shape index (κ3) is 1.75. The maximum Gasteiger partial charge on any atom is 0.150 e. The monoisotopic (exact) mass is 258 g/mol. The van der Waals surface area contributed by atoms with E-state index in [1.165, 1.54) is 27.6 Å². The zero-order chi connectivity index (χ0) is 13.5. The van der Waals surface area contributed by atoms with Crippen molar-refractivity contribution in [3.05, 3.63) is 82.4 Å². The van der Waals surface area contributed by atoms with E-state index in [1.807, 2.05) is 18.2 Å². The van der Waals surface area contributed by atoms with Crippen molar-refractivity contribution in [3.8, 4) is 0 Å². The van der Waals surface area contributed by atoms with Crippen LogP contribution in [0.4, 0.5) is 0 Å². The molecule has 0 aliphatic heterocycles. The summed E-state index contributed by atoms with van der Waals surface area (Å²) in [6.45, 7) is 0. The molecule has 1 aliphatic rings. The lowest BCUT2D eigenvalue weighted by atomic mass is 9.84. The summed E-state index contributed by atoms with van der Waals surface area (Å²) < 4.78 is 0. The number of hydrogen-bond donors (Lipinski definition) is 0. The van der Waals surface area contributed by atoms with Crippen molar-refractivity contribution < 1.29 is 4.79 Å². The first-order valence-corrected chi connectivity index (χ1v) is 6.91. The van der Waals surface area contributed by atoms with Crippen molar-refractivity contribution in [2.75, 3.05) is 0 Å². The molecule has 96 valence electrons. The molecule has 4 rings (SSSR count). The highest BCUT2D eigenvalue weighted by Crippen LogP contribution is 2.30. The van der Waals surface area contributed by atoms with Gasteiger partial charge in [0.25, 0.3) is 0 Å². The van der Waals surface area contributed by atoms with Crippen molar-refractivity contribution in [2.24, 2.45) is 0 Å². The van der Waals surface area contributed by atoms with E-state index in [2.05, 4.69) is 36.4 Å². The first-order chi connectivity index (χ1) is 9.83. The van der Waals surface area contributed by atoms with E-state index in [4.69, 9.17) is 0 Å². The SMILES string of the molecule is O=Cc1ccc2cc3c(cc2c1)Cc1ccccc1C3. The molecule has 20 heavy (non-hydrogen) atoms. The Morgan fingerprint density at radius 3 is 2.00 bits per heavy atom. The number of rotatable bonds is 1. The van der Waals surface area contributed by atoms with Crippen molar-refractivity contribution in [3.63, 3.8) is 0 Å². The quantitative estimate of drug-likeness (QED) is 0.469. The molecule has 0 bridgehead atoms. The van der Waals surface area contributed by atoms with E-state index in [1.54, 1.807) is 0 Å². The molecule has 0 heterocycles. The first kappa shape index (κ1) is 11.4. The minimum absolute atomic E-state index is 0.744. The maximum absolute atomic E-state index is 10.9. The van der Waals surface area contributed by atoms with Crippen LogP contribution in [0.1, 0.15) is 32.6 Å². The van der Waals surface area contributed by atoms with Gasteiger partial charge in [0.05, 0.1) is 0 Å². The smallest absolute Gasteiger partial charge is 0.150 e. The first-order valence-electron chi connectivity index (χ1n) is 6.91. The van der Waals surface area contributed by atoms with Crippen LogP contribution in [0.3, 0.4) is 0 Å². The standard InChI is InChI=1S/C19H14O/c20-12-13-5-6-16-10-18-8-14-3-1-2-4-15(14)9-19(18)11-17(16)7-13/h1-7,10-12H,8-9H2. The number of aldehydes is 1. The van der Waals surface area contributed by atoms with Gasteiger partial charge in [0, 0.05) is 5.56 Å². The van der Waals surface area contributed by atoms with Crippen LogP contribution in [-0.2, 0) is 12.8 Å². The molecular formula is C19H14O. The number of carbonyl (C=O) groups excluding carboxylic acids is 1. The second kappa shape index (κ2) is 4.31. The zero-order valence-electron chi connectivity index (χ0n) is 11.1. The van der Waals surface area contributed by atoms with Crippen molar-refractivity contribution >= 4 is 17.1 Å². The molecule has 0 unspecified atom stereocenters. The highest BCUT2D eigenvalue weighted by atomic mass is 16.1. The van der Waals surface area contributed by atoms with Gasteiger partial charge in [-0.15, -0.1) is 0 Å². The van der Waals surface area contributed by atoms with Crippen LogP contribution in [0.25, 0.3) is 10.8 Å². The second-order valence-corrected chi connectivity index (χ2v) is 5.47. The molecular weight excluding hydrogens is 244 g/mol. The Hall–Kier alpha value is -2.41. The Balaban J connectivity index is 1.89. The molecule has 0 radical (unpaired) electrons. The lowest BCUT2D eigenvalue weighted by Gasteiger charge is -2.20. The van der Waals surface area contributed by atoms with Gasteiger partial charge in [0.2, 0.25) is 0 Å². The van der Waals surface area contributed by atoms with Crippen molar-refractivity contribution in [2.45, 2.75) is 12.8 Å². The molecule has 0 spiro atoms. The summed E-state index contributed by atoms with van der Waals surface area (Å²) in [5.74, 6) is 0. The van der Waals surface area contributed by atoms with E-state index >= 15 is 0 Å². The molecule has 0 atom stereocenters. The van der Waals surface area contributed by atoms with Gasteiger partial charge < -0.3 is 0 Å². The Labute approximate surface area is 117 Å². The maximum atomic E-state index is 10.9. The summed E-state index contributed by atoms with van der Waals surface area (Å²) >= 11 is 0. The second-order valence-electron chi connectivity index (χ2n) is 5.47. The number of hydrogen-bond acceptors (Lipinski definition) is 1. The highest BCUT2D eigenvalue weighted by Gasteiger charge is 2.15. The fourth-order valence-electron chi connectivity index (χ4n) is 3.13. The zero-order valence-corrected chi connectivity index (χ0v) is 11.1. The van der Waals surface area contributed by atoms with E-state index in [9.17, 15) is 4.79 Å². The van der Waals surface area contributed by atoms with Gasteiger partial charge >= 0.3 is 0 Å². The predicted octanol–water partition coefficient (Wildman–Crippen LogP) is 4.15. The van der Waals surface area contributed by atoms with Gasteiger partial charge in [-0.25, -0.2) is 0 Å². The molecule has 0 saturated carbocycles. The summed E-state index contributed by atoms with van der Waals surface area (Å²) in [6.07, 6.45) is 2.91. The molecule has 0 N–H and O–H groups in total. The fraction of sp³-hybridized carbons (Fsp3) is 0.105. The largest absolute Gasteiger partial charge is 0.298 e. The topological polar surface area (TPSA) is 17.1 Å². The average molecular weight is 258 g/mol. The van der Waals surface area contributed by atoms with Crippen molar-refractivity contribution in [1.29, 1.82) is 0 Å². The average Bonchev–Trinajstić information content (AvgIpc) is 2.50. The third-order valence-corrected chi connectivity index (χ3v) is 4.20. The molecule has 3 aromatic rings. The van der Waals surface area contributed by atoms with Gasteiger partial charge in [-0.2, -0.15) is 0 Å². The summed E-state index contributed by atoms with van der Waals surface area (Å²) in [5.41, 5.74) is 6.40. The minimum Gasteiger partial charge on any atom is -0.298 e. The van der Waals surface area contributed by atoms with Crippen LogP contribution in [0.5, 0.6) is 0 Å². The van der Waals surface area contributed by atoms with Gasteiger partial charge in [-0.3, -0.25) is 4.79 Å². The number of carbonyl (C=O) groups is 1. The van der Waals surface area contributed by atoms with Crippen LogP contribution in [0, 0.1) is 0 Å². The minimum atomic E-state index is 0.744. The van der Waals surface area contributed by atoms with E-state index in [0.717, 1.165) is 30.1 Å². The molecule has 0 saturated heterocycles. The Morgan fingerprint density at radius 2 is 1.35 bits per heavy atom. The van der Waals surface area contributed by atoms with Crippen molar-refractivity contribution in [1.82, 2.24) is 0 Å². The predicted molar refractivity (Wildman–Crippen MR) is 81.4 cm³/mol. The normalized spacial score (nSPS) is 12.8. The molecule has 3 aromatic carbocycles. The van der Waals surface area contributed by atoms with E-state index in [0.29, 0.717) is 0 Å². The van der Waals surface area contributed by atoms with E-state index < -0.39 is 0 Å². The summed E-state index contributed by atoms with van der Waals surface area (Å²) in [6, 6.07) is 19.1. The molecule has 0 fully saturated rings. The van der Waals surface area contributed by atoms with Crippen LogP contribution in [0.2, 0.25) is 0 Å². The Kier molecular flexibility index (Phi) is 2.46. The molecule has 1 aliphatic carbocycles. The van der Waals surface area contributed by atoms with Crippen LogP contribution in [0.15, 0.2) is 54.6 Å². The molecule has 0 amide bonds. The third-order valence-electron chi connectivity index (χ3n) is 4.20. The molecule has 1 nitrogen and oxygen atoms in total. The molecule has 0 aromatic heterocycles. The fourth-order valence-corrected chi connectivity index (χ4v) is 3.13. The van der Waals surface area contributed by atoms with Gasteiger partial charge in [0.1, 0.15) is 6.29 Å². The van der Waals surface area contributed by atoms with Gasteiger partial charge in [0.15, 0.2) is 0 Å². The van der Waals surface area contributed by atoms with Crippen LogP contribution in [-0.4, -0.2) is 6.29 Å². The Bertz CT molecular complexity index is 830. The summed E-state index contributed by atoms with van der Waals surface area (Å²) in [4.78, 5) is 10.9. The number of benzene rings is 3.